The highest BCUT2D eigenvalue weighted by Gasteiger charge is 2.30. The van der Waals surface area contributed by atoms with E-state index in [1.807, 2.05) is 0 Å². The van der Waals surface area contributed by atoms with Gasteiger partial charge in [-0.25, -0.2) is 14.4 Å². The molecule has 1 aromatic heterocycles. The Bertz CT molecular complexity index is 983. The third-order valence-corrected chi connectivity index (χ3v) is 3.92. The van der Waals surface area contributed by atoms with E-state index in [4.69, 9.17) is 10.2 Å². The molecule has 30 heavy (non-hydrogen) atoms. The molecule has 0 aliphatic heterocycles. The summed E-state index contributed by atoms with van der Waals surface area (Å²) >= 11 is 0. The molecule has 0 aliphatic carbocycles. The number of halogens is 4. The first kappa shape index (κ1) is 21.2. The third-order valence-electron chi connectivity index (χ3n) is 3.92. The first-order chi connectivity index (χ1) is 14.3. The number of rotatable bonds is 7. The topological polar surface area (TPSA) is 85.7 Å². The van der Waals surface area contributed by atoms with Crippen LogP contribution in [0.3, 0.4) is 0 Å². The lowest BCUT2D eigenvalue weighted by atomic mass is 10.2. The SMILES string of the molecule is NC(=NCc1ccc(OC(F)(F)F)cc1)NCCc1coc(-c2ccc(F)cc2)n1. The van der Waals surface area contributed by atoms with Crippen molar-refractivity contribution in [2.75, 3.05) is 6.54 Å². The lowest BCUT2D eigenvalue weighted by Crippen LogP contribution is -2.33. The number of nitrogens with two attached hydrogens (primary N) is 1. The molecule has 0 aliphatic rings. The van der Waals surface area contributed by atoms with Gasteiger partial charge in [0.1, 0.15) is 17.8 Å². The number of oxazole rings is 1. The van der Waals surface area contributed by atoms with Crippen molar-refractivity contribution in [2.45, 2.75) is 19.3 Å². The largest absolute Gasteiger partial charge is 0.573 e. The second-order valence-corrected chi connectivity index (χ2v) is 6.22. The molecule has 6 nitrogen and oxygen atoms in total. The normalized spacial score (nSPS) is 12.1. The molecule has 0 unspecified atom stereocenters. The standard InChI is InChI=1S/C20H18F4N4O2/c21-15-5-3-14(4-6-15)18-28-16(12-29-18)9-10-26-19(25)27-11-13-1-7-17(8-2-13)30-20(22,23)24/h1-8,12H,9-11H2,(H3,25,26,27). The van der Waals surface area contributed by atoms with Gasteiger partial charge in [-0.15, -0.1) is 13.2 Å². The molecule has 10 heteroatoms. The molecule has 0 radical (unpaired) electrons. The zero-order valence-electron chi connectivity index (χ0n) is 15.6. The molecule has 0 atom stereocenters. The molecule has 2 aromatic carbocycles. The summed E-state index contributed by atoms with van der Waals surface area (Å²) in [5.41, 5.74) is 7.83. The molecule has 0 saturated carbocycles. The Hall–Kier alpha value is -3.56. The Labute approximate surface area is 169 Å². The fourth-order valence-electron chi connectivity index (χ4n) is 2.49. The van der Waals surface area contributed by atoms with Crippen LogP contribution in [0.1, 0.15) is 11.3 Å². The summed E-state index contributed by atoms with van der Waals surface area (Å²) in [5.74, 6) is -0.0542. The highest BCUT2D eigenvalue weighted by Crippen LogP contribution is 2.23. The molecular weight excluding hydrogens is 404 g/mol. The zero-order chi connectivity index (χ0) is 21.6. The predicted molar refractivity (Wildman–Crippen MR) is 102 cm³/mol. The number of ether oxygens (including phenoxy) is 1. The minimum absolute atomic E-state index is 0.188. The number of nitrogens with zero attached hydrogens (tertiary/aromatic N) is 2. The van der Waals surface area contributed by atoms with Crippen LogP contribution in [0.4, 0.5) is 17.6 Å². The van der Waals surface area contributed by atoms with E-state index in [2.05, 4.69) is 20.0 Å². The van der Waals surface area contributed by atoms with Crippen molar-refractivity contribution in [2.24, 2.45) is 10.7 Å². The summed E-state index contributed by atoms with van der Waals surface area (Å²) in [5, 5.41) is 2.92. The number of hydrogen-bond donors (Lipinski definition) is 2. The summed E-state index contributed by atoms with van der Waals surface area (Å²) in [7, 11) is 0. The summed E-state index contributed by atoms with van der Waals surface area (Å²) in [6.45, 7) is 0.646. The molecule has 3 N–H and O–H groups in total. The molecule has 0 spiro atoms. The van der Waals surface area contributed by atoms with Crippen LogP contribution in [0.15, 0.2) is 64.2 Å². The minimum atomic E-state index is -4.72. The fourth-order valence-corrected chi connectivity index (χ4v) is 2.49. The van der Waals surface area contributed by atoms with Crippen LogP contribution in [-0.4, -0.2) is 23.9 Å². The van der Waals surface area contributed by atoms with Gasteiger partial charge in [0, 0.05) is 18.5 Å². The van der Waals surface area contributed by atoms with Gasteiger partial charge in [-0.05, 0) is 42.0 Å². The van der Waals surface area contributed by atoms with Crippen LogP contribution >= 0.6 is 0 Å². The van der Waals surface area contributed by atoms with E-state index < -0.39 is 6.36 Å². The van der Waals surface area contributed by atoms with Crippen molar-refractivity contribution in [1.29, 1.82) is 0 Å². The number of nitrogens with one attached hydrogen (secondary N) is 1. The number of guanidine groups is 1. The van der Waals surface area contributed by atoms with E-state index in [-0.39, 0.29) is 24.1 Å². The quantitative estimate of drug-likeness (QED) is 0.341. The zero-order valence-corrected chi connectivity index (χ0v) is 15.6. The number of aliphatic imine (C=N–C) groups is 1. The molecule has 0 saturated heterocycles. The van der Waals surface area contributed by atoms with Gasteiger partial charge < -0.3 is 20.2 Å². The molecule has 3 aromatic rings. The van der Waals surface area contributed by atoms with Crippen molar-refractivity contribution in [1.82, 2.24) is 10.3 Å². The highest BCUT2D eigenvalue weighted by atomic mass is 19.4. The summed E-state index contributed by atoms with van der Waals surface area (Å²) in [6.07, 6.45) is -2.69. The monoisotopic (exact) mass is 422 g/mol. The van der Waals surface area contributed by atoms with Gasteiger partial charge in [0.2, 0.25) is 5.89 Å². The lowest BCUT2D eigenvalue weighted by Gasteiger charge is -2.09. The summed E-state index contributed by atoms with van der Waals surface area (Å²) in [4.78, 5) is 8.46. The number of alkyl halides is 3. The average molecular weight is 422 g/mol. The molecule has 3 rings (SSSR count). The van der Waals surface area contributed by atoms with Crippen LogP contribution in [0, 0.1) is 5.82 Å². The molecule has 0 fully saturated rings. The number of benzene rings is 2. The van der Waals surface area contributed by atoms with Crippen LogP contribution in [0.25, 0.3) is 11.5 Å². The Morgan fingerprint density at radius 2 is 1.80 bits per heavy atom. The summed E-state index contributed by atoms with van der Waals surface area (Å²) in [6, 6.07) is 11.2. The van der Waals surface area contributed by atoms with E-state index in [9.17, 15) is 17.6 Å². The van der Waals surface area contributed by atoms with Gasteiger partial charge in [-0.2, -0.15) is 0 Å². The molecule has 0 bridgehead atoms. The maximum absolute atomic E-state index is 13.0. The van der Waals surface area contributed by atoms with E-state index in [0.29, 0.717) is 35.7 Å². The molecular formula is C20H18F4N4O2. The van der Waals surface area contributed by atoms with Gasteiger partial charge >= 0.3 is 6.36 Å². The Balaban J connectivity index is 1.45. The summed E-state index contributed by atoms with van der Waals surface area (Å²) < 4.78 is 58.6. The third kappa shape index (κ3) is 6.50. The van der Waals surface area contributed by atoms with Crippen molar-refractivity contribution < 1.29 is 26.7 Å². The number of hydrogen-bond acceptors (Lipinski definition) is 4. The van der Waals surface area contributed by atoms with Crippen LogP contribution in [-0.2, 0) is 13.0 Å². The van der Waals surface area contributed by atoms with Crippen molar-refractivity contribution >= 4 is 5.96 Å². The molecule has 158 valence electrons. The second kappa shape index (κ2) is 9.29. The van der Waals surface area contributed by atoms with Crippen molar-refractivity contribution in [3.8, 4) is 17.2 Å². The number of aromatic nitrogens is 1. The maximum Gasteiger partial charge on any atom is 0.573 e. The molecule has 0 amide bonds. The lowest BCUT2D eigenvalue weighted by molar-refractivity contribution is -0.274. The second-order valence-electron chi connectivity index (χ2n) is 6.22. The van der Waals surface area contributed by atoms with Gasteiger partial charge in [-0.3, -0.25) is 0 Å². The van der Waals surface area contributed by atoms with Crippen molar-refractivity contribution in [3.63, 3.8) is 0 Å². The van der Waals surface area contributed by atoms with E-state index >= 15 is 0 Å². The average Bonchev–Trinajstić information content (AvgIpc) is 3.16. The van der Waals surface area contributed by atoms with Gasteiger partial charge in [-0.1, -0.05) is 12.1 Å². The van der Waals surface area contributed by atoms with Crippen LogP contribution in [0.2, 0.25) is 0 Å². The van der Waals surface area contributed by atoms with Gasteiger partial charge in [0.25, 0.3) is 0 Å². The van der Waals surface area contributed by atoms with E-state index in [1.54, 1.807) is 12.1 Å². The molecule has 1 heterocycles. The van der Waals surface area contributed by atoms with E-state index in [1.165, 1.54) is 42.7 Å². The highest BCUT2D eigenvalue weighted by molar-refractivity contribution is 5.77. The first-order valence-corrected chi connectivity index (χ1v) is 8.87. The van der Waals surface area contributed by atoms with Gasteiger partial charge in [0.15, 0.2) is 5.96 Å². The Morgan fingerprint density at radius 1 is 1.10 bits per heavy atom. The van der Waals surface area contributed by atoms with Crippen LogP contribution in [0.5, 0.6) is 5.75 Å². The first-order valence-electron chi connectivity index (χ1n) is 8.87. The predicted octanol–water partition coefficient (Wildman–Crippen LogP) is 4.03. The maximum atomic E-state index is 13.0. The van der Waals surface area contributed by atoms with Crippen LogP contribution < -0.4 is 15.8 Å². The van der Waals surface area contributed by atoms with Crippen molar-refractivity contribution in [3.05, 3.63) is 71.9 Å². The Kier molecular flexibility index (Phi) is 6.55. The van der Waals surface area contributed by atoms with E-state index in [0.717, 1.165) is 0 Å². The fraction of sp³-hybridized carbons (Fsp3) is 0.200. The van der Waals surface area contributed by atoms with Gasteiger partial charge in [0.05, 0.1) is 12.2 Å². The Morgan fingerprint density at radius 3 is 2.47 bits per heavy atom. The smallest absolute Gasteiger partial charge is 0.444 e. The minimum Gasteiger partial charge on any atom is -0.444 e.